The Balaban J connectivity index is 1.70. The molecule has 0 saturated heterocycles. The highest BCUT2D eigenvalue weighted by Gasteiger charge is 2.11. The molecule has 0 aliphatic heterocycles. The van der Waals surface area contributed by atoms with Crippen LogP contribution in [-0.4, -0.2) is 19.3 Å². The van der Waals surface area contributed by atoms with Crippen LogP contribution in [0.2, 0.25) is 0 Å². The van der Waals surface area contributed by atoms with Crippen molar-refractivity contribution < 1.29 is 13.2 Å². The summed E-state index contributed by atoms with van der Waals surface area (Å²) in [6, 6.07) is 15.4. The predicted octanol–water partition coefficient (Wildman–Crippen LogP) is 2.77. The Morgan fingerprint density at radius 1 is 1.11 bits per heavy atom. The molecular formula is C20H19N3O3S. The second-order valence-corrected chi connectivity index (χ2v) is 7.66. The number of para-hydroxylation sites is 1. The summed E-state index contributed by atoms with van der Waals surface area (Å²) < 4.78 is 22.6. The molecule has 0 spiro atoms. The third kappa shape index (κ3) is 4.58. The van der Waals surface area contributed by atoms with E-state index in [-0.39, 0.29) is 16.8 Å². The van der Waals surface area contributed by atoms with E-state index >= 15 is 0 Å². The zero-order valence-corrected chi connectivity index (χ0v) is 15.5. The first kappa shape index (κ1) is 18.8. The number of aromatic nitrogens is 1. The van der Waals surface area contributed by atoms with Gasteiger partial charge in [0.15, 0.2) is 0 Å². The van der Waals surface area contributed by atoms with E-state index in [0.29, 0.717) is 0 Å². The Labute approximate surface area is 157 Å². The van der Waals surface area contributed by atoms with Gasteiger partial charge in [-0.25, -0.2) is 13.6 Å². The molecule has 2 aromatic carbocycles. The van der Waals surface area contributed by atoms with E-state index in [0.717, 1.165) is 22.0 Å². The van der Waals surface area contributed by atoms with Crippen LogP contribution >= 0.6 is 0 Å². The number of carbonyl (C=O) groups is 1. The molecule has 0 aliphatic carbocycles. The molecule has 0 fully saturated rings. The number of hydrogen-bond donors (Lipinski definition) is 2. The summed E-state index contributed by atoms with van der Waals surface area (Å²) >= 11 is 0. The summed E-state index contributed by atoms with van der Waals surface area (Å²) in [5.74, 6) is -0.258. The summed E-state index contributed by atoms with van der Waals surface area (Å²) in [5, 5.41) is 8.94. The maximum atomic E-state index is 12.2. The molecule has 0 aliphatic rings. The van der Waals surface area contributed by atoms with Gasteiger partial charge in [0, 0.05) is 23.2 Å². The lowest BCUT2D eigenvalue weighted by Gasteiger charge is -2.13. The van der Waals surface area contributed by atoms with Crippen LogP contribution in [0.4, 0.5) is 0 Å². The molecule has 0 radical (unpaired) electrons. The Bertz CT molecular complexity index is 1100. The van der Waals surface area contributed by atoms with Gasteiger partial charge in [-0.3, -0.25) is 9.78 Å². The van der Waals surface area contributed by atoms with E-state index in [2.05, 4.69) is 10.3 Å². The molecule has 1 amide bonds. The van der Waals surface area contributed by atoms with Crippen molar-refractivity contribution in [3.8, 4) is 0 Å². The van der Waals surface area contributed by atoms with Gasteiger partial charge in [-0.2, -0.15) is 0 Å². The lowest BCUT2D eigenvalue weighted by Crippen LogP contribution is -2.24. The molecule has 0 bridgehead atoms. The largest absolute Gasteiger partial charge is 0.346 e. The topological polar surface area (TPSA) is 102 Å². The average molecular weight is 381 g/mol. The fourth-order valence-electron chi connectivity index (χ4n) is 2.72. The van der Waals surface area contributed by atoms with Gasteiger partial charge in [0.2, 0.25) is 15.9 Å². The van der Waals surface area contributed by atoms with Gasteiger partial charge in [0.1, 0.15) is 0 Å². The number of benzene rings is 2. The van der Waals surface area contributed by atoms with Gasteiger partial charge in [0.25, 0.3) is 0 Å². The number of sulfonamides is 1. The van der Waals surface area contributed by atoms with E-state index < -0.39 is 10.0 Å². The van der Waals surface area contributed by atoms with Crippen LogP contribution < -0.4 is 10.5 Å². The molecule has 0 saturated carbocycles. The number of hydrogen-bond acceptors (Lipinski definition) is 4. The van der Waals surface area contributed by atoms with Crippen LogP contribution in [0.3, 0.4) is 0 Å². The molecule has 27 heavy (non-hydrogen) atoms. The standard InChI is InChI=1S/C20H19N3O3S/c1-14(15-7-10-18(11-8-15)27(21,25)26)23-19(24)12-9-17-5-2-4-16-6-3-13-22-20(16)17/h2-14H,1H3,(H,23,24)(H2,21,25,26)/b12-9+. The van der Waals surface area contributed by atoms with E-state index in [4.69, 9.17) is 5.14 Å². The van der Waals surface area contributed by atoms with Crippen molar-refractivity contribution in [3.63, 3.8) is 0 Å². The normalized spacial score (nSPS) is 13.0. The quantitative estimate of drug-likeness (QED) is 0.663. The second-order valence-electron chi connectivity index (χ2n) is 6.10. The summed E-state index contributed by atoms with van der Waals surface area (Å²) in [4.78, 5) is 16.6. The van der Waals surface area contributed by atoms with Crippen molar-refractivity contribution in [1.29, 1.82) is 0 Å². The maximum Gasteiger partial charge on any atom is 0.244 e. The highest BCUT2D eigenvalue weighted by Crippen LogP contribution is 2.18. The zero-order valence-electron chi connectivity index (χ0n) is 14.7. The lowest BCUT2D eigenvalue weighted by atomic mass is 10.1. The molecule has 6 nitrogen and oxygen atoms in total. The number of amides is 1. The molecule has 7 heteroatoms. The summed E-state index contributed by atoms with van der Waals surface area (Å²) in [6.45, 7) is 1.82. The molecule has 1 unspecified atom stereocenters. The number of nitrogens with one attached hydrogen (secondary N) is 1. The summed E-state index contributed by atoms with van der Waals surface area (Å²) in [6.07, 6.45) is 4.90. The monoisotopic (exact) mass is 381 g/mol. The Kier molecular flexibility index (Phi) is 5.34. The number of fused-ring (bicyclic) bond motifs is 1. The van der Waals surface area contributed by atoms with Crippen LogP contribution in [-0.2, 0) is 14.8 Å². The van der Waals surface area contributed by atoms with Gasteiger partial charge < -0.3 is 5.32 Å². The van der Waals surface area contributed by atoms with E-state index in [1.807, 2.05) is 37.3 Å². The number of pyridine rings is 1. The Morgan fingerprint density at radius 2 is 1.81 bits per heavy atom. The van der Waals surface area contributed by atoms with E-state index in [9.17, 15) is 13.2 Å². The van der Waals surface area contributed by atoms with E-state index in [1.54, 1.807) is 24.4 Å². The van der Waals surface area contributed by atoms with Crippen molar-refractivity contribution in [2.24, 2.45) is 5.14 Å². The maximum absolute atomic E-state index is 12.2. The molecular weight excluding hydrogens is 362 g/mol. The fraction of sp³-hybridized carbons (Fsp3) is 0.100. The number of rotatable bonds is 5. The van der Waals surface area contributed by atoms with Gasteiger partial charge in [-0.1, -0.05) is 36.4 Å². The molecule has 138 valence electrons. The first-order valence-electron chi connectivity index (χ1n) is 8.30. The van der Waals surface area contributed by atoms with Crippen molar-refractivity contribution in [3.05, 3.63) is 78.0 Å². The minimum absolute atomic E-state index is 0.0353. The zero-order chi connectivity index (χ0) is 19.4. The summed E-state index contributed by atoms with van der Waals surface area (Å²) in [7, 11) is -3.73. The van der Waals surface area contributed by atoms with Gasteiger partial charge >= 0.3 is 0 Å². The van der Waals surface area contributed by atoms with Gasteiger partial charge in [-0.05, 0) is 36.8 Å². The van der Waals surface area contributed by atoms with Crippen molar-refractivity contribution in [2.75, 3.05) is 0 Å². The third-order valence-electron chi connectivity index (χ3n) is 4.15. The Morgan fingerprint density at radius 3 is 2.52 bits per heavy atom. The number of carbonyl (C=O) groups excluding carboxylic acids is 1. The van der Waals surface area contributed by atoms with Crippen LogP contribution in [0.5, 0.6) is 0 Å². The molecule has 1 heterocycles. The van der Waals surface area contributed by atoms with Crippen molar-refractivity contribution in [1.82, 2.24) is 10.3 Å². The van der Waals surface area contributed by atoms with Gasteiger partial charge in [0.05, 0.1) is 16.5 Å². The summed E-state index contributed by atoms with van der Waals surface area (Å²) in [5.41, 5.74) is 2.46. The Hall–Kier alpha value is -3.03. The number of nitrogens with two attached hydrogens (primary N) is 1. The lowest BCUT2D eigenvalue weighted by molar-refractivity contribution is -0.117. The number of primary sulfonamides is 1. The smallest absolute Gasteiger partial charge is 0.244 e. The highest BCUT2D eigenvalue weighted by molar-refractivity contribution is 7.89. The first-order chi connectivity index (χ1) is 12.8. The first-order valence-corrected chi connectivity index (χ1v) is 9.84. The molecule has 3 N–H and O–H groups in total. The van der Waals surface area contributed by atoms with Crippen molar-refractivity contribution >= 4 is 32.9 Å². The van der Waals surface area contributed by atoms with Gasteiger partial charge in [-0.15, -0.1) is 0 Å². The van der Waals surface area contributed by atoms with Crippen LogP contribution in [0.1, 0.15) is 24.1 Å². The van der Waals surface area contributed by atoms with Crippen LogP contribution in [0.15, 0.2) is 71.8 Å². The van der Waals surface area contributed by atoms with Crippen molar-refractivity contribution in [2.45, 2.75) is 17.9 Å². The minimum Gasteiger partial charge on any atom is -0.346 e. The highest BCUT2D eigenvalue weighted by atomic mass is 32.2. The molecule has 1 aromatic heterocycles. The SMILES string of the molecule is CC(NC(=O)/C=C/c1cccc2cccnc12)c1ccc(S(N)(=O)=O)cc1. The number of nitrogens with zero attached hydrogens (tertiary/aromatic N) is 1. The fourth-order valence-corrected chi connectivity index (χ4v) is 3.23. The molecule has 3 rings (SSSR count). The predicted molar refractivity (Wildman–Crippen MR) is 105 cm³/mol. The molecule has 1 atom stereocenters. The average Bonchev–Trinajstić information content (AvgIpc) is 2.65. The van der Waals surface area contributed by atoms with Crippen LogP contribution in [0, 0.1) is 0 Å². The molecule has 3 aromatic rings. The minimum atomic E-state index is -3.73. The second kappa shape index (κ2) is 7.69. The van der Waals surface area contributed by atoms with Crippen LogP contribution in [0.25, 0.3) is 17.0 Å². The van der Waals surface area contributed by atoms with E-state index in [1.165, 1.54) is 18.2 Å². The third-order valence-corrected chi connectivity index (χ3v) is 5.07.